The van der Waals surface area contributed by atoms with Crippen LogP contribution < -0.4 is 10.5 Å². The molecule has 3 aromatic rings. The number of nitrogens with zero attached hydrogens (tertiary/aromatic N) is 2. The summed E-state index contributed by atoms with van der Waals surface area (Å²) in [5.41, 5.74) is 8.45. The van der Waals surface area contributed by atoms with Gasteiger partial charge in [0.25, 0.3) is 5.91 Å². The second-order valence-electron chi connectivity index (χ2n) is 5.75. The summed E-state index contributed by atoms with van der Waals surface area (Å²) >= 11 is 0. The number of nitrogens with one attached hydrogen (secondary N) is 2. The van der Waals surface area contributed by atoms with Gasteiger partial charge in [0.05, 0.1) is 5.52 Å². The molecule has 4 N–H and O–H groups in total. The lowest BCUT2D eigenvalue weighted by molar-refractivity contribution is 0.0864. The molecular formula is C18H19N5O2. The molecule has 7 heteroatoms. The summed E-state index contributed by atoms with van der Waals surface area (Å²) in [4.78, 5) is 20.6. The number of fused-ring (bicyclic) bond motifs is 1. The van der Waals surface area contributed by atoms with Gasteiger partial charge in [-0.1, -0.05) is 12.1 Å². The van der Waals surface area contributed by atoms with Crippen molar-refractivity contribution >= 4 is 22.8 Å². The predicted molar refractivity (Wildman–Crippen MR) is 95.6 cm³/mol. The Morgan fingerprint density at radius 2 is 2.20 bits per heavy atom. The highest BCUT2D eigenvalue weighted by atomic mass is 16.5. The molecule has 0 aliphatic carbocycles. The lowest BCUT2D eigenvalue weighted by Crippen LogP contribution is -2.38. The quantitative estimate of drug-likeness (QED) is 0.502. The van der Waals surface area contributed by atoms with Gasteiger partial charge in [-0.25, -0.2) is 0 Å². The first-order valence-corrected chi connectivity index (χ1v) is 7.73. The number of benzene rings is 1. The number of carbonyl (C=O) groups excluding carboxylic acids is 1. The largest absolute Gasteiger partial charge is 0.487 e. The number of rotatable bonds is 4. The first-order chi connectivity index (χ1) is 12.0. The third kappa shape index (κ3) is 3.30. The van der Waals surface area contributed by atoms with Crippen molar-refractivity contribution in [2.24, 2.45) is 5.73 Å². The summed E-state index contributed by atoms with van der Waals surface area (Å²) in [6, 6.07) is 9.35. The maximum Gasteiger partial charge on any atom is 0.276 e. The van der Waals surface area contributed by atoms with Crippen LogP contribution in [-0.2, 0) is 6.61 Å². The average Bonchev–Trinajstić information content (AvgIpc) is 3.07. The van der Waals surface area contributed by atoms with E-state index in [0.29, 0.717) is 18.1 Å². The van der Waals surface area contributed by atoms with E-state index in [0.717, 1.165) is 26.9 Å². The molecule has 0 unspecified atom stereocenters. The minimum absolute atomic E-state index is 0.312. The van der Waals surface area contributed by atoms with Crippen LogP contribution in [0.1, 0.15) is 21.6 Å². The van der Waals surface area contributed by atoms with E-state index in [1.807, 2.05) is 31.2 Å². The maximum absolute atomic E-state index is 12.4. The fraction of sp³-hybridized carbons (Fsp3) is 0.167. The van der Waals surface area contributed by atoms with Gasteiger partial charge in [0.1, 0.15) is 18.1 Å². The summed E-state index contributed by atoms with van der Waals surface area (Å²) in [6.07, 6.45) is 3.46. The van der Waals surface area contributed by atoms with Gasteiger partial charge in [0, 0.05) is 30.4 Å². The van der Waals surface area contributed by atoms with Crippen molar-refractivity contribution in [3.63, 3.8) is 0 Å². The number of ether oxygens (including phenoxy) is 1. The molecule has 0 fully saturated rings. The number of pyridine rings is 1. The van der Waals surface area contributed by atoms with E-state index >= 15 is 0 Å². The van der Waals surface area contributed by atoms with Crippen LogP contribution in [0.3, 0.4) is 0 Å². The van der Waals surface area contributed by atoms with Crippen LogP contribution >= 0.6 is 0 Å². The van der Waals surface area contributed by atoms with Crippen LogP contribution in [0.5, 0.6) is 5.75 Å². The van der Waals surface area contributed by atoms with Crippen molar-refractivity contribution in [2.75, 3.05) is 7.05 Å². The Morgan fingerprint density at radius 3 is 2.88 bits per heavy atom. The Kier molecular flexibility index (Phi) is 4.38. The van der Waals surface area contributed by atoms with Crippen molar-refractivity contribution in [3.05, 3.63) is 59.5 Å². The Labute approximate surface area is 144 Å². The lowest BCUT2D eigenvalue weighted by atomic mass is 10.1. The topological polar surface area (TPSA) is 108 Å². The van der Waals surface area contributed by atoms with Crippen molar-refractivity contribution in [1.82, 2.24) is 14.9 Å². The normalized spacial score (nSPS) is 10.6. The minimum Gasteiger partial charge on any atom is -0.487 e. The van der Waals surface area contributed by atoms with Gasteiger partial charge in [0.2, 0.25) is 0 Å². The van der Waals surface area contributed by atoms with E-state index < -0.39 is 0 Å². The highest BCUT2D eigenvalue weighted by Crippen LogP contribution is 2.29. The average molecular weight is 337 g/mol. The number of aromatic amines is 1. The van der Waals surface area contributed by atoms with Gasteiger partial charge in [0.15, 0.2) is 5.96 Å². The summed E-state index contributed by atoms with van der Waals surface area (Å²) in [5.74, 6) is -0.0382. The molecule has 128 valence electrons. The van der Waals surface area contributed by atoms with Crippen molar-refractivity contribution in [2.45, 2.75) is 13.5 Å². The molecule has 0 aliphatic heterocycles. The molecule has 25 heavy (non-hydrogen) atoms. The predicted octanol–water partition coefficient (Wildman–Crippen LogP) is 2.42. The molecule has 0 spiro atoms. The smallest absolute Gasteiger partial charge is 0.276 e. The second kappa shape index (κ2) is 6.64. The van der Waals surface area contributed by atoms with E-state index in [1.165, 1.54) is 7.05 Å². The first kappa shape index (κ1) is 16.5. The van der Waals surface area contributed by atoms with E-state index in [2.05, 4.69) is 9.97 Å². The molecular weight excluding hydrogens is 318 g/mol. The number of aryl methyl sites for hydroxylation is 1. The summed E-state index contributed by atoms with van der Waals surface area (Å²) in [5, 5.41) is 8.29. The monoisotopic (exact) mass is 337 g/mol. The number of carbonyl (C=O) groups is 1. The highest BCUT2D eigenvalue weighted by Gasteiger charge is 2.18. The molecule has 0 radical (unpaired) electrons. The second-order valence-corrected chi connectivity index (χ2v) is 5.75. The summed E-state index contributed by atoms with van der Waals surface area (Å²) in [6.45, 7) is 2.34. The number of aromatic nitrogens is 2. The fourth-order valence-electron chi connectivity index (χ4n) is 2.50. The molecule has 0 atom stereocenters. The Morgan fingerprint density at radius 1 is 1.40 bits per heavy atom. The van der Waals surface area contributed by atoms with Gasteiger partial charge in [-0.3, -0.25) is 20.1 Å². The van der Waals surface area contributed by atoms with Crippen LogP contribution in [0, 0.1) is 12.3 Å². The Bertz CT molecular complexity index is 933. The zero-order valence-corrected chi connectivity index (χ0v) is 14.0. The highest BCUT2D eigenvalue weighted by molar-refractivity contribution is 6.06. The SMILES string of the molecule is Cc1ccc(OCc2cccnc2)c2[nH]c(C(=O)N(C)C(=N)N)cc12. The molecule has 1 aromatic carbocycles. The summed E-state index contributed by atoms with van der Waals surface area (Å²) in [7, 11) is 1.46. The molecule has 0 saturated carbocycles. The van der Waals surface area contributed by atoms with E-state index in [9.17, 15) is 4.79 Å². The van der Waals surface area contributed by atoms with Crippen molar-refractivity contribution in [1.29, 1.82) is 5.41 Å². The van der Waals surface area contributed by atoms with E-state index in [4.69, 9.17) is 15.9 Å². The molecule has 7 nitrogen and oxygen atoms in total. The molecule has 2 heterocycles. The third-order valence-corrected chi connectivity index (χ3v) is 3.99. The Hall–Kier alpha value is -3.35. The van der Waals surface area contributed by atoms with Gasteiger partial charge in [-0.2, -0.15) is 0 Å². The van der Waals surface area contributed by atoms with Gasteiger partial charge >= 0.3 is 0 Å². The molecule has 1 amide bonds. The number of nitrogens with two attached hydrogens (primary N) is 1. The number of hydrogen-bond donors (Lipinski definition) is 3. The standard InChI is InChI=1S/C18H19N5O2/c1-11-5-6-15(25-10-12-4-3-7-21-9-12)16-13(11)8-14(22-16)17(24)23(2)18(19)20/h3-9,22H,10H2,1-2H3,(H3,19,20). The zero-order chi connectivity index (χ0) is 18.0. The van der Waals surface area contributed by atoms with Gasteiger partial charge in [-0.15, -0.1) is 0 Å². The first-order valence-electron chi connectivity index (χ1n) is 7.73. The Balaban J connectivity index is 1.93. The molecule has 0 aliphatic rings. The van der Waals surface area contributed by atoms with Crippen LogP contribution in [0.15, 0.2) is 42.7 Å². The number of amides is 1. The van der Waals surface area contributed by atoms with E-state index in [-0.39, 0.29) is 11.9 Å². The van der Waals surface area contributed by atoms with Crippen molar-refractivity contribution in [3.8, 4) is 5.75 Å². The third-order valence-electron chi connectivity index (χ3n) is 3.99. The molecule has 3 rings (SSSR count). The summed E-state index contributed by atoms with van der Waals surface area (Å²) < 4.78 is 5.90. The van der Waals surface area contributed by atoms with Gasteiger partial charge in [-0.05, 0) is 30.7 Å². The van der Waals surface area contributed by atoms with Crippen molar-refractivity contribution < 1.29 is 9.53 Å². The van der Waals surface area contributed by atoms with Crippen LogP contribution in [0.4, 0.5) is 0 Å². The van der Waals surface area contributed by atoms with Gasteiger partial charge < -0.3 is 15.5 Å². The lowest BCUT2D eigenvalue weighted by Gasteiger charge is -2.12. The van der Waals surface area contributed by atoms with Crippen LogP contribution in [-0.4, -0.2) is 33.8 Å². The zero-order valence-electron chi connectivity index (χ0n) is 14.0. The number of H-pyrrole nitrogens is 1. The fourth-order valence-corrected chi connectivity index (χ4v) is 2.50. The number of hydrogen-bond acceptors (Lipinski definition) is 4. The van der Waals surface area contributed by atoms with Crippen LogP contribution in [0.25, 0.3) is 10.9 Å². The molecule has 0 bridgehead atoms. The minimum atomic E-state index is -0.374. The molecule has 2 aromatic heterocycles. The van der Waals surface area contributed by atoms with Crippen LogP contribution in [0.2, 0.25) is 0 Å². The molecule has 0 saturated heterocycles. The maximum atomic E-state index is 12.4. The van der Waals surface area contributed by atoms with E-state index in [1.54, 1.807) is 18.5 Å². The number of guanidine groups is 1.